The van der Waals surface area contributed by atoms with Crippen LogP contribution in [-0.2, 0) is 9.31 Å². The van der Waals surface area contributed by atoms with E-state index in [4.69, 9.17) is 60.8 Å². The lowest BCUT2D eigenvalue weighted by Gasteiger charge is -2.32. The molecule has 0 radical (unpaired) electrons. The zero-order valence-corrected chi connectivity index (χ0v) is 59.6. The summed E-state index contributed by atoms with van der Waals surface area (Å²) in [6.45, 7) is 8.24. The molecule has 0 atom stereocenters. The van der Waals surface area contributed by atoms with Gasteiger partial charge in [-0.1, -0.05) is 285 Å². The Labute approximate surface area is 615 Å². The van der Waals surface area contributed by atoms with Gasteiger partial charge in [-0.3, -0.25) is 0 Å². The molecule has 12 aromatic carbocycles. The molecule has 1 saturated heterocycles. The van der Waals surface area contributed by atoms with Gasteiger partial charge in [-0.2, -0.15) is 0 Å². The Morgan fingerprint density at radius 1 is 0.279 bits per heavy atom. The van der Waals surface area contributed by atoms with Crippen molar-refractivity contribution in [3.63, 3.8) is 0 Å². The molecule has 6 aromatic heterocycles. The summed E-state index contributed by atoms with van der Waals surface area (Å²) in [6.07, 6.45) is 0. The van der Waals surface area contributed by atoms with Crippen LogP contribution in [0.3, 0.4) is 0 Å². The van der Waals surface area contributed by atoms with Crippen molar-refractivity contribution >= 4 is 109 Å². The Morgan fingerprint density at radius 2 is 0.596 bits per heavy atom. The normalized spacial score (nSPS) is 13.1. The van der Waals surface area contributed by atoms with Gasteiger partial charge >= 0.3 is 7.12 Å². The maximum Gasteiger partial charge on any atom is 0.494 e. The maximum absolute atomic E-state index is 6.52. The molecule has 0 saturated carbocycles. The molecule has 498 valence electrons. The van der Waals surface area contributed by atoms with Gasteiger partial charge < -0.3 is 9.31 Å². The standard InChI is InChI=1S/C42H26N4S.C33H30BN3O2.C15H8ClNS/c1-3-13-27(14-4-1)29-17-11-19-31(25-29)41-44-40(28-15-5-2-6-16-28)45-42(46-41)32-20-12-18-30(26-32)37-33-21-7-9-23-35(33)43-38-34-22-8-10-24-36(34)47-39(37)38;1-32(2)33(3,4)39-34(38-32)28-20-12-19-27(22-28)31-36-29(24-15-9-6-10-16-24)35-30(37-31)26-18-11-17-25(21-26)23-13-7-5-8-14-23;16-13-9-5-1-3-7-11(9)17-14-10-6-2-4-8-12(10)18-15(13)14/h1-26H;5-22H,1-4H3;1-8H. The number of aromatic nitrogens is 8. The first-order valence-corrected chi connectivity index (χ1v) is 36.5. The van der Waals surface area contributed by atoms with Crippen LogP contribution in [0.1, 0.15) is 27.7 Å². The highest BCUT2D eigenvalue weighted by Gasteiger charge is 2.51. The molecule has 1 fully saturated rings. The van der Waals surface area contributed by atoms with Crippen LogP contribution in [0.25, 0.3) is 164 Å². The summed E-state index contributed by atoms with van der Waals surface area (Å²) in [5.41, 5.74) is 16.4. The van der Waals surface area contributed by atoms with Gasteiger partial charge in [0.2, 0.25) is 0 Å². The fraction of sp³-hybridized carbons (Fsp3) is 0.0667. The van der Waals surface area contributed by atoms with Crippen LogP contribution < -0.4 is 5.46 Å². The van der Waals surface area contributed by atoms with Gasteiger partial charge in [-0.25, -0.2) is 39.9 Å². The van der Waals surface area contributed by atoms with Gasteiger partial charge in [0.25, 0.3) is 0 Å². The number of rotatable bonds is 10. The molecule has 0 N–H and O–H groups in total. The zero-order chi connectivity index (χ0) is 70.3. The molecule has 18 aromatic rings. The quantitative estimate of drug-likeness (QED) is 0.122. The average molecular weight is 1400 g/mol. The van der Waals surface area contributed by atoms with Crippen molar-refractivity contribution < 1.29 is 9.31 Å². The lowest BCUT2D eigenvalue weighted by Crippen LogP contribution is -2.41. The minimum Gasteiger partial charge on any atom is -0.399 e. The number of hydrogen-bond acceptors (Lipinski definition) is 12. The molecule has 0 amide bonds. The molecule has 0 unspecified atom stereocenters. The molecule has 0 spiro atoms. The van der Waals surface area contributed by atoms with Crippen molar-refractivity contribution in [3.05, 3.63) is 320 Å². The number of thiophene rings is 2. The smallest absolute Gasteiger partial charge is 0.399 e. The molecule has 0 aliphatic carbocycles. The second kappa shape index (κ2) is 27.9. The molecule has 14 heteroatoms. The SMILES string of the molecule is CC1(C)OB(c2cccc(-c3nc(-c4ccccc4)nc(-c4cccc(-c5ccccc5)c4)n3)c2)OC1(C)C.Clc1c2ccccc2nc2c1sc1ccccc12.c1ccc(-c2cccc(-c3nc(-c4ccccc4)nc(-c4cccc(-c5c6ccccc6nc6c5sc5ccccc56)c4)n3)c2)cc1. The molecule has 1 aliphatic heterocycles. The van der Waals surface area contributed by atoms with Crippen LogP contribution in [-0.4, -0.2) is 58.2 Å². The van der Waals surface area contributed by atoms with Crippen molar-refractivity contribution in [2.45, 2.75) is 38.9 Å². The summed E-state index contributed by atoms with van der Waals surface area (Å²) in [5.74, 6) is 3.76. The average Bonchev–Trinajstić information content (AvgIpc) is 1.42. The minimum absolute atomic E-state index is 0.418. The fourth-order valence-corrected chi connectivity index (χ4v) is 15.9. The molecule has 7 heterocycles. The van der Waals surface area contributed by atoms with E-state index in [0.717, 1.165) is 109 Å². The predicted molar refractivity (Wildman–Crippen MR) is 432 cm³/mol. The van der Waals surface area contributed by atoms with Crippen LogP contribution in [0, 0.1) is 0 Å². The summed E-state index contributed by atoms with van der Waals surface area (Å²) in [6, 6.07) is 107. The van der Waals surface area contributed by atoms with Crippen LogP contribution in [0.5, 0.6) is 0 Å². The van der Waals surface area contributed by atoms with E-state index in [9.17, 15) is 0 Å². The van der Waals surface area contributed by atoms with E-state index in [2.05, 4.69) is 191 Å². The van der Waals surface area contributed by atoms with Gasteiger partial charge in [0.05, 0.1) is 47.7 Å². The Kier molecular flexibility index (Phi) is 17.5. The number of pyridine rings is 2. The first-order chi connectivity index (χ1) is 50.9. The van der Waals surface area contributed by atoms with E-state index in [1.165, 1.54) is 30.4 Å². The van der Waals surface area contributed by atoms with Gasteiger partial charge in [0.1, 0.15) is 0 Å². The van der Waals surface area contributed by atoms with Gasteiger partial charge in [-0.05, 0) is 103 Å². The van der Waals surface area contributed by atoms with Gasteiger partial charge in [-0.15, -0.1) is 22.7 Å². The zero-order valence-electron chi connectivity index (χ0n) is 57.2. The number of fused-ring (bicyclic) bond motifs is 8. The third-order valence-corrected chi connectivity index (χ3v) is 22.1. The summed E-state index contributed by atoms with van der Waals surface area (Å²) < 4.78 is 17.3. The number of benzene rings is 12. The lowest BCUT2D eigenvalue weighted by atomic mass is 9.78. The third kappa shape index (κ3) is 13.0. The van der Waals surface area contributed by atoms with Crippen LogP contribution in [0.4, 0.5) is 0 Å². The molecule has 104 heavy (non-hydrogen) atoms. The lowest BCUT2D eigenvalue weighted by molar-refractivity contribution is 0.00578. The molecular formula is C90H64BClN8O2S2. The van der Waals surface area contributed by atoms with Crippen LogP contribution in [0.2, 0.25) is 5.02 Å². The fourth-order valence-electron chi connectivity index (χ4n) is 13.2. The highest BCUT2D eigenvalue weighted by Crippen LogP contribution is 2.45. The predicted octanol–water partition coefficient (Wildman–Crippen LogP) is 23.2. The van der Waals surface area contributed by atoms with E-state index in [1.807, 2.05) is 152 Å². The highest BCUT2D eigenvalue weighted by atomic mass is 35.5. The van der Waals surface area contributed by atoms with Gasteiger partial charge in [0.15, 0.2) is 34.9 Å². The highest BCUT2D eigenvalue weighted by molar-refractivity contribution is 7.26. The van der Waals surface area contributed by atoms with Gasteiger partial charge in [0, 0.05) is 69.9 Å². The summed E-state index contributed by atoms with van der Waals surface area (Å²) in [4.78, 5) is 39.8. The maximum atomic E-state index is 6.52. The van der Waals surface area contributed by atoms with Crippen molar-refractivity contribution in [2.24, 2.45) is 0 Å². The van der Waals surface area contributed by atoms with Crippen LogP contribution >= 0.6 is 34.3 Å². The van der Waals surface area contributed by atoms with E-state index in [-0.39, 0.29) is 0 Å². The third-order valence-electron chi connectivity index (χ3n) is 19.2. The first-order valence-electron chi connectivity index (χ1n) is 34.5. The van der Waals surface area contributed by atoms with E-state index in [1.54, 1.807) is 22.7 Å². The number of hydrogen-bond donors (Lipinski definition) is 0. The second-order valence-corrected chi connectivity index (χ2v) is 29.0. The summed E-state index contributed by atoms with van der Waals surface area (Å²) in [5, 5.41) is 5.34. The van der Waals surface area contributed by atoms with Crippen molar-refractivity contribution in [1.82, 2.24) is 39.9 Å². The monoisotopic (exact) mass is 1400 g/mol. The minimum atomic E-state index is -0.465. The Morgan fingerprint density at radius 3 is 1.07 bits per heavy atom. The number of nitrogens with zero attached hydrogens (tertiary/aromatic N) is 8. The Bertz CT molecular complexity index is 6220. The topological polar surface area (TPSA) is 122 Å². The Hall–Kier alpha value is -11.8. The molecule has 0 bridgehead atoms. The van der Waals surface area contributed by atoms with Crippen LogP contribution in [0.15, 0.2) is 315 Å². The van der Waals surface area contributed by atoms with E-state index in [0.29, 0.717) is 34.9 Å². The molecule has 1 aliphatic rings. The van der Waals surface area contributed by atoms with Crippen molar-refractivity contribution in [1.29, 1.82) is 0 Å². The van der Waals surface area contributed by atoms with Crippen molar-refractivity contribution in [2.75, 3.05) is 0 Å². The molecule has 10 nitrogen and oxygen atoms in total. The van der Waals surface area contributed by atoms with E-state index >= 15 is 0 Å². The summed E-state index contributed by atoms with van der Waals surface area (Å²) >= 11 is 10.0. The number of para-hydroxylation sites is 2. The first kappa shape index (κ1) is 65.5. The second-order valence-electron chi connectivity index (χ2n) is 26.5. The molecule has 19 rings (SSSR count). The largest absolute Gasteiger partial charge is 0.494 e. The summed E-state index contributed by atoms with van der Waals surface area (Å²) in [7, 11) is -0.465. The molecular weight excluding hydrogens is 1340 g/mol. The Balaban J connectivity index is 0.000000126. The number of halogens is 1. The van der Waals surface area contributed by atoms with Crippen molar-refractivity contribution in [3.8, 4) is 102 Å². The van der Waals surface area contributed by atoms with E-state index < -0.39 is 18.3 Å².